The molecule has 0 aliphatic rings. The molecule has 0 spiro atoms. The second-order valence-corrected chi connectivity index (χ2v) is 8.09. The Hall–Kier alpha value is -2.74. The molecule has 0 atom stereocenters. The molecule has 7 nitrogen and oxygen atoms in total. The zero-order chi connectivity index (χ0) is 21.1. The second kappa shape index (κ2) is 8.73. The van der Waals surface area contributed by atoms with Crippen LogP contribution >= 0.6 is 15.9 Å². The minimum Gasteiger partial charge on any atom is -0.348 e. The third-order valence-electron chi connectivity index (χ3n) is 4.59. The molecule has 0 saturated heterocycles. The number of nitrogens with zero attached hydrogens (tertiary/aromatic N) is 2. The van der Waals surface area contributed by atoms with Crippen LogP contribution in [0.15, 0.2) is 44.4 Å². The Balaban J connectivity index is 2.12. The maximum absolute atomic E-state index is 13.0. The highest BCUT2D eigenvalue weighted by Gasteiger charge is 2.20. The van der Waals surface area contributed by atoms with E-state index >= 15 is 0 Å². The van der Waals surface area contributed by atoms with E-state index in [2.05, 4.69) is 31.2 Å². The Morgan fingerprint density at radius 1 is 1.28 bits per heavy atom. The highest BCUT2D eigenvalue weighted by molar-refractivity contribution is 9.10. The summed E-state index contributed by atoms with van der Waals surface area (Å²) in [5, 5.41) is 3.00. The number of pyridine rings is 1. The Bertz CT molecular complexity index is 1180. The van der Waals surface area contributed by atoms with E-state index in [1.165, 1.54) is 4.57 Å². The van der Waals surface area contributed by atoms with Crippen LogP contribution in [0.3, 0.4) is 0 Å². The maximum Gasteiger partial charge on any atom is 0.329 e. The van der Waals surface area contributed by atoms with E-state index in [1.807, 2.05) is 45.0 Å². The minimum atomic E-state index is -0.604. The Morgan fingerprint density at radius 2 is 2.03 bits per heavy atom. The Morgan fingerprint density at radius 3 is 2.69 bits per heavy atom. The molecule has 0 fully saturated rings. The van der Waals surface area contributed by atoms with E-state index in [0.29, 0.717) is 25.2 Å². The summed E-state index contributed by atoms with van der Waals surface area (Å²) in [6.45, 7) is 6.55. The number of hydrogen-bond donors (Lipinski definition) is 2. The van der Waals surface area contributed by atoms with Crippen LogP contribution < -0.4 is 16.6 Å². The molecule has 0 radical (unpaired) electrons. The van der Waals surface area contributed by atoms with Crippen molar-refractivity contribution in [2.24, 2.45) is 0 Å². The average Bonchev–Trinajstić information content (AvgIpc) is 2.68. The summed E-state index contributed by atoms with van der Waals surface area (Å²) < 4.78 is 2.34. The highest BCUT2D eigenvalue weighted by Crippen LogP contribution is 2.20. The van der Waals surface area contributed by atoms with Gasteiger partial charge in [0.15, 0.2) is 5.65 Å². The number of hydrogen-bond acceptors (Lipinski definition) is 4. The molecule has 2 N–H and O–H groups in total. The number of rotatable bonds is 6. The normalized spacial score (nSPS) is 11.2. The molecule has 1 aromatic carbocycles. The van der Waals surface area contributed by atoms with Crippen LogP contribution in [0.4, 0.5) is 0 Å². The van der Waals surface area contributed by atoms with Crippen molar-refractivity contribution in [3.05, 3.63) is 72.5 Å². The molecule has 0 aliphatic heterocycles. The van der Waals surface area contributed by atoms with Crippen molar-refractivity contribution in [2.45, 2.75) is 46.2 Å². The lowest BCUT2D eigenvalue weighted by Gasteiger charge is -2.14. The number of nitrogens with one attached hydrogen (secondary N) is 2. The standard InChI is InChI=1S/C21H23BrN4O3/c1-4-8-26-18-17(20(28)25-21(26)29)15(10-16(24-18)12(2)3)19(27)23-11-13-6-5-7-14(22)9-13/h5-7,9-10,12H,4,8,11H2,1-3H3,(H,23,27)(H,25,28,29). The van der Waals surface area contributed by atoms with E-state index in [1.54, 1.807) is 6.07 Å². The van der Waals surface area contributed by atoms with Gasteiger partial charge in [0.05, 0.1) is 10.9 Å². The molecule has 3 aromatic rings. The van der Waals surface area contributed by atoms with Gasteiger partial charge in [-0.15, -0.1) is 0 Å². The summed E-state index contributed by atoms with van der Waals surface area (Å²) in [5.41, 5.74) is 0.928. The van der Waals surface area contributed by atoms with Gasteiger partial charge in [0.25, 0.3) is 11.5 Å². The van der Waals surface area contributed by atoms with Gasteiger partial charge in [0.1, 0.15) is 0 Å². The first-order valence-electron chi connectivity index (χ1n) is 9.52. The highest BCUT2D eigenvalue weighted by atomic mass is 79.9. The number of aromatic amines is 1. The third kappa shape index (κ3) is 4.48. The van der Waals surface area contributed by atoms with Crippen molar-refractivity contribution < 1.29 is 4.79 Å². The summed E-state index contributed by atoms with van der Waals surface area (Å²) in [6, 6.07) is 9.25. The van der Waals surface area contributed by atoms with E-state index in [0.717, 1.165) is 10.0 Å². The molecule has 29 heavy (non-hydrogen) atoms. The summed E-state index contributed by atoms with van der Waals surface area (Å²) in [4.78, 5) is 44.8. The van der Waals surface area contributed by atoms with Crippen LogP contribution in [0.5, 0.6) is 0 Å². The van der Waals surface area contributed by atoms with Gasteiger partial charge in [0, 0.05) is 23.3 Å². The number of benzene rings is 1. The molecule has 8 heteroatoms. The molecule has 3 rings (SSSR count). The fraction of sp³-hybridized carbons (Fsp3) is 0.333. The molecule has 2 heterocycles. The lowest BCUT2D eigenvalue weighted by atomic mass is 10.0. The van der Waals surface area contributed by atoms with Gasteiger partial charge in [-0.2, -0.15) is 0 Å². The van der Waals surface area contributed by atoms with Gasteiger partial charge < -0.3 is 5.32 Å². The van der Waals surface area contributed by atoms with Gasteiger partial charge in [-0.3, -0.25) is 19.1 Å². The number of halogens is 1. The average molecular weight is 459 g/mol. The first kappa shape index (κ1) is 21.0. The molecule has 2 aromatic heterocycles. The van der Waals surface area contributed by atoms with Gasteiger partial charge in [0.2, 0.25) is 0 Å². The molecule has 1 amide bonds. The molecule has 0 saturated carbocycles. The van der Waals surface area contributed by atoms with E-state index in [9.17, 15) is 14.4 Å². The first-order valence-corrected chi connectivity index (χ1v) is 10.3. The monoisotopic (exact) mass is 458 g/mol. The van der Waals surface area contributed by atoms with Crippen LogP contribution in [-0.2, 0) is 13.1 Å². The minimum absolute atomic E-state index is 0.0282. The van der Waals surface area contributed by atoms with Crippen LogP contribution in [0.2, 0.25) is 0 Å². The van der Waals surface area contributed by atoms with Crippen LogP contribution in [0, 0.1) is 0 Å². The number of fused-ring (bicyclic) bond motifs is 1. The van der Waals surface area contributed by atoms with Crippen LogP contribution in [-0.4, -0.2) is 20.4 Å². The van der Waals surface area contributed by atoms with E-state index in [4.69, 9.17) is 0 Å². The lowest BCUT2D eigenvalue weighted by Crippen LogP contribution is -2.33. The van der Waals surface area contributed by atoms with Crippen molar-refractivity contribution in [3.63, 3.8) is 0 Å². The largest absolute Gasteiger partial charge is 0.348 e. The Labute approximate surface area is 176 Å². The number of aryl methyl sites for hydroxylation is 1. The number of aromatic nitrogens is 3. The fourth-order valence-electron chi connectivity index (χ4n) is 3.12. The van der Waals surface area contributed by atoms with Gasteiger partial charge in [-0.1, -0.05) is 48.8 Å². The van der Waals surface area contributed by atoms with Crippen LogP contribution in [0.1, 0.15) is 54.7 Å². The topological polar surface area (TPSA) is 96.9 Å². The molecular formula is C21H23BrN4O3. The number of amides is 1. The number of carbonyl (C=O) groups excluding carboxylic acids is 1. The SMILES string of the molecule is CCCn1c(=O)[nH]c(=O)c2c(C(=O)NCc3cccc(Br)c3)cc(C(C)C)nc21. The summed E-state index contributed by atoms with van der Waals surface area (Å²) >= 11 is 3.41. The predicted molar refractivity (Wildman–Crippen MR) is 116 cm³/mol. The number of carbonyl (C=O) groups is 1. The molecule has 152 valence electrons. The van der Waals surface area contributed by atoms with Crippen molar-refractivity contribution in [1.29, 1.82) is 0 Å². The van der Waals surface area contributed by atoms with Gasteiger partial charge >= 0.3 is 5.69 Å². The zero-order valence-electron chi connectivity index (χ0n) is 16.6. The molecule has 0 unspecified atom stereocenters. The maximum atomic E-state index is 13.0. The third-order valence-corrected chi connectivity index (χ3v) is 5.09. The summed E-state index contributed by atoms with van der Waals surface area (Å²) in [7, 11) is 0. The van der Waals surface area contributed by atoms with Gasteiger partial charge in [-0.05, 0) is 36.1 Å². The smallest absolute Gasteiger partial charge is 0.329 e. The first-order chi connectivity index (χ1) is 13.8. The van der Waals surface area contributed by atoms with Crippen LogP contribution in [0.25, 0.3) is 11.0 Å². The summed E-state index contributed by atoms with van der Waals surface area (Å²) in [5.74, 6) is -0.355. The second-order valence-electron chi connectivity index (χ2n) is 7.17. The molecule has 0 bridgehead atoms. The lowest BCUT2D eigenvalue weighted by molar-refractivity contribution is 0.0952. The van der Waals surface area contributed by atoms with Crippen molar-refractivity contribution in [3.8, 4) is 0 Å². The van der Waals surface area contributed by atoms with E-state index < -0.39 is 11.2 Å². The fourth-order valence-corrected chi connectivity index (χ4v) is 3.57. The van der Waals surface area contributed by atoms with Gasteiger partial charge in [-0.25, -0.2) is 9.78 Å². The molecule has 0 aliphatic carbocycles. The molecular weight excluding hydrogens is 436 g/mol. The van der Waals surface area contributed by atoms with Crippen molar-refractivity contribution in [1.82, 2.24) is 19.9 Å². The number of H-pyrrole nitrogens is 1. The summed E-state index contributed by atoms with van der Waals surface area (Å²) in [6.07, 6.45) is 0.694. The quantitative estimate of drug-likeness (QED) is 0.591. The van der Waals surface area contributed by atoms with E-state index in [-0.39, 0.29) is 28.4 Å². The van der Waals surface area contributed by atoms with Crippen molar-refractivity contribution in [2.75, 3.05) is 0 Å². The predicted octanol–water partition coefficient (Wildman–Crippen LogP) is 3.31. The van der Waals surface area contributed by atoms with Crippen molar-refractivity contribution >= 4 is 32.9 Å². The Kier molecular flexibility index (Phi) is 6.32. The zero-order valence-corrected chi connectivity index (χ0v) is 18.2.